The Hall–Kier alpha value is -2.22. The van der Waals surface area contributed by atoms with E-state index in [1.54, 1.807) is 19.1 Å². The molecule has 1 aromatic carbocycles. The van der Waals surface area contributed by atoms with Crippen LogP contribution in [0, 0.1) is 13.8 Å². The van der Waals surface area contributed by atoms with E-state index >= 15 is 0 Å². The van der Waals surface area contributed by atoms with Crippen LogP contribution in [0.4, 0.5) is 10.5 Å². The van der Waals surface area contributed by atoms with E-state index in [0.29, 0.717) is 5.69 Å². The topological polar surface area (TPSA) is 86.6 Å². The minimum Gasteiger partial charge on any atom is -0.282 e. The number of nitrogens with one attached hydrogen (secondary N) is 1. The van der Waals surface area contributed by atoms with E-state index in [9.17, 15) is 18.0 Å². The fourth-order valence-corrected chi connectivity index (χ4v) is 4.11. The Morgan fingerprint density at radius 1 is 1.17 bits per heavy atom. The van der Waals surface area contributed by atoms with E-state index in [0.717, 1.165) is 16.0 Å². The molecule has 0 aliphatic carbocycles. The lowest BCUT2D eigenvalue weighted by atomic mass is 10.1. The lowest BCUT2D eigenvalue weighted by Crippen LogP contribution is -2.57. The molecule has 1 aliphatic rings. The van der Waals surface area contributed by atoms with E-state index in [1.165, 1.54) is 25.6 Å². The van der Waals surface area contributed by atoms with E-state index in [-0.39, 0.29) is 5.71 Å². The maximum absolute atomic E-state index is 12.7. The van der Waals surface area contributed by atoms with Crippen LogP contribution >= 0.6 is 0 Å². The first kappa shape index (κ1) is 17.1. The zero-order valence-electron chi connectivity index (χ0n) is 13.7. The molecule has 3 amide bonds. The number of carbonyl (C=O) groups is 2. The number of urea groups is 1. The van der Waals surface area contributed by atoms with Crippen molar-refractivity contribution >= 4 is 33.4 Å². The summed E-state index contributed by atoms with van der Waals surface area (Å²) >= 11 is 0. The van der Waals surface area contributed by atoms with Gasteiger partial charge in [-0.3, -0.25) is 4.72 Å². The second-order valence-corrected chi connectivity index (χ2v) is 7.42. The summed E-state index contributed by atoms with van der Waals surface area (Å²) in [6, 6.07) is 4.70. The molecule has 0 bridgehead atoms. The Bertz CT molecular complexity index is 827. The van der Waals surface area contributed by atoms with E-state index in [4.69, 9.17) is 0 Å². The molecule has 1 atom stereocenters. The van der Waals surface area contributed by atoms with Crippen LogP contribution in [-0.2, 0) is 14.8 Å². The van der Waals surface area contributed by atoms with Crippen molar-refractivity contribution in [2.24, 2.45) is 0 Å². The number of amides is 3. The van der Waals surface area contributed by atoms with Gasteiger partial charge in [0.25, 0.3) is 10.0 Å². The van der Waals surface area contributed by atoms with Gasteiger partial charge in [-0.05, 0) is 38.0 Å². The molecule has 0 saturated heterocycles. The van der Waals surface area contributed by atoms with Crippen LogP contribution in [0.5, 0.6) is 0 Å². The summed E-state index contributed by atoms with van der Waals surface area (Å²) in [6.45, 7) is 5.14. The highest BCUT2D eigenvalue weighted by molar-refractivity contribution is 7.94. The predicted molar refractivity (Wildman–Crippen MR) is 87.3 cm³/mol. The molecule has 1 heterocycles. The molecular formula is C15H20N3O4S+. The van der Waals surface area contributed by atoms with Gasteiger partial charge in [0.15, 0.2) is 0 Å². The summed E-state index contributed by atoms with van der Waals surface area (Å²) in [4.78, 5) is 25.0. The molecule has 7 nitrogen and oxygen atoms in total. The number of sulfonamides is 1. The van der Waals surface area contributed by atoms with Gasteiger partial charge in [-0.25, -0.2) is 13.2 Å². The fraction of sp³-hybridized carbons (Fsp3) is 0.400. The van der Waals surface area contributed by atoms with Gasteiger partial charge in [0.2, 0.25) is 5.25 Å². The summed E-state index contributed by atoms with van der Waals surface area (Å²) in [5.74, 6) is -0.761. The molecule has 0 radical (unpaired) electrons. The zero-order chi connectivity index (χ0) is 17.5. The largest absolute Gasteiger partial charge is 0.500 e. The van der Waals surface area contributed by atoms with Crippen molar-refractivity contribution in [3.05, 3.63) is 29.3 Å². The first-order valence-corrected chi connectivity index (χ1v) is 8.59. The van der Waals surface area contributed by atoms with Gasteiger partial charge in [0, 0.05) is 0 Å². The van der Waals surface area contributed by atoms with Crippen LogP contribution in [0.25, 0.3) is 0 Å². The van der Waals surface area contributed by atoms with Crippen molar-refractivity contribution < 1.29 is 22.6 Å². The van der Waals surface area contributed by atoms with Crippen molar-refractivity contribution in [1.29, 1.82) is 0 Å². The SMILES string of the molecule is CC1=[N+](C)C(=O)N(C)C(=O)C1S(=O)(=O)Nc1cccc(C)c1C. The molecule has 124 valence electrons. The molecular weight excluding hydrogens is 318 g/mol. The first-order chi connectivity index (χ1) is 10.6. The molecule has 0 spiro atoms. The monoisotopic (exact) mass is 338 g/mol. The third kappa shape index (κ3) is 2.86. The second kappa shape index (κ2) is 5.77. The van der Waals surface area contributed by atoms with Crippen molar-refractivity contribution in [3.8, 4) is 0 Å². The number of benzene rings is 1. The van der Waals surface area contributed by atoms with Crippen LogP contribution in [0.15, 0.2) is 18.2 Å². The van der Waals surface area contributed by atoms with Gasteiger partial charge < -0.3 is 0 Å². The summed E-state index contributed by atoms with van der Waals surface area (Å²) in [5.41, 5.74) is 2.32. The molecule has 0 saturated carbocycles. The Morgan fingerprint density at radius 3 is 2.39 bits per heavy atom. The third-order valence-corrected chi connectivity index (χ3v) is 5.87. The molecule has 2 rings (SSSR count). The number of carbonyl (C=O) groups excluding carboxylic acids is 2. The third-order valence-electron chi connectivity index (χ3n) is 4.20. The molecule has 1 unspecified atom stereocenters. The van der Waals surface area contributed by atoms with Gasteiger partial charge >= 0.3 is 11.9 Å². The standard InChI is InChI=1S/C15H20N3O4S/c1-9-7-6-8-12(10(9)2)16-23(21,22)13-11(3)17(4)15(20)18(5)14(13)19/h6-8,13,16H,1-5H3/q+1. The molecule has 23 heavy (non-hydrogen) atoms. The highest BCUT2D eigenvalue weighted by Gasteiger charge is 2.50. The summed E-state index contributed by atoms with van der Waals surface area (Å²) in [7, 11) is -1.32. The van der Waals surface area contributed by atoms with Crippen molar-refractivity contribution in [1.82, 2.24) is 4.90 Å². The van der Waals surface area contributed by atoms with Gasteiger partial charge in [-0.2, -0.15) is 14.3 Å². The summed E-state index contributed by atoms with van der Waals surface area (Å²) < 4.78 is 29.1. The average Bonchev–Trinajstić information content (AvgIpc) is 2.47. The lowest BCUT2D eigenvalue weighted by molar-refractivity contribution is -0.405. The first-order valence-electron chi connectivity index (χ1n) is 7.04. The molecule has 0 aromatic heterocycles. The van der Waals surface area contributed by atoms with Crippen LogP contribution in [-0.4, -0.2) is 54.9 Å². The van der Waals surface area contributed by atoms with Crippen LogP contribution < -0.4 is 4.72 Å². The highest BCUT2D eigenvalue weighted by atomic mass is 32.2. The summed E-state index contributed by atoms with van der Waals surface area (Å²) in [6.07, 6.45) is 0. The van der Waals surface area contributed by atoms with Gasteiger partial charge in [0.05, 0.1) is 19.8 Å². The van der Waals surface area contributed by atoms with E-state index < -0.39 is 27.2 Å². The number of nitrogens with zero attached hydrogens (tertiary/aromatic N) is 2. The van der Waals surface area contributed by atoms with E-state index in [2.05, 4.69) is 4.72 Å². The highest BCUT2D eigenvalue weighted by Crippen LogP contribution is 2.22. The predicted octanol–water partition coefficient (Wildman–Crippen LogP) is 1.11. The Labute approximate surface area is 135 Å². The Balaban J connectivity index is 2.49. The van der Waals surface area contributed by atoms with Crippen LogP contribution in [0.1, 0.15) is 18.1 Å². The Kier molecular flexibility index (Phi) is 4.30. The second-order valence-electron chi connectivity index (χ2n) is 5.65. The molecule has 1 aliphatic heterocycles. The van der Waals surface area contributed by atoms with Crippen molar-refractivity contribution in [3.63, 3.8) is 0 Å². The number of rotatable bonds is 3. The Morgan fingerprint density at radius 2 is 1.78 bits per heavy atom. The fourth-order valence-electron chi connectivity index (χ4n) is 2.43. The summed E-state index contributed by atoms with van der Waals surface area (Å²) in [5, 5.41) is -1.44. The average molecular weight is 338 g/mol. The molecule has 1 aromatic rings. The van der Waals surface area contributed by atoms with E-state index in [1.807, 2.05) is 13.0 Å². The number of imide groups is 1. The maximum atomic E-state index is 12.7. The quantitative estimate of drug-likeness (QED) is 0.837. The normalized spacial score (nSPS) is 19.3. The number of hydrogen-bond acceptors (Lipinski definition) is 4. The van der Waals surface area contributed by atoms with Gasteiger partial charge in [0.1, 0.15) is 5.71 Å². The zero-order valence-corrected chi connectivity index (χ0v) is 14.6. The number of anilines is 1. The number of aryl methyl sites for hydroxylation is 1. The lowest BCUT2D eigenvalue weighted by Gasteiger charge is -2.24. The molecule has 1 N–H and O–H groups in total. The van der Waals surface area contributed by atoms with Gasteiger partial charge in [-0.1, -0.05) is 12.1 Å². The number of hydrogen-bond donors (Lipinski definition) is 1. The van der Waals surface area contributed by atoms with Crippen LogP contribution in [0.3, 0.4) is 0 Å². The minimum absolute atomic E-state index is 0.177. The smallest absolute Gasteiger partial charge is 0.282 e. The van der Waals surface area contributed by atoms with Crippen LogP contribution in [0.2, 0.25) is 0 Å². The maximum Gasteiger partial charge on any atom is 0.500 e. The minimum atomic E-state index is -4.04. The van der Waals surface area contributed by atoms with Gasteiger partial charge in [-0.15, -0.1) is 0 Å². The van der Waals surface area contributed by atoms with Crippen molar-refractivity contribution in [2.45, 2.75) is 26.0 Å². The molecule has 0 fully saturated rings. The van der Waals surface area contributed by atoms with Crippen molar-refractivity contribution in [2.75, 3.05) is 18.8 Å². The molecule has 8 heteroatoms.